The lowest BCUT2D eigenvalue weighted by atomic mass is 10.1. The second kappa shape index (κ2) is 7.92. The molecule has 0 bridgehead atoms. The van der Waals surface area contributed by atoms with Gasteiger partial charge in [0.1, 0.15) is 0 Å². The number of nitro groups is 1. The van der Waals surface area contributed by atoms with E-state index in [1.165, 1.54) is 17.4 Å². The number of benzene rings is 2. The van der Waals surface area contributed by atoms with Gasteiger partial charge in [0.2, 0.25) is 0 Å². The monoisotopic (exact) mass is 383 g/mol. The molecule has 0 fully saturated rings. The number of hydrazone groups is 1. The number of amides is 1. The van der Waals surface area contributed by atoms with Crippen molar-refractivity contribution in [3.05, 3.63) is 63.7 Å². The summed E-state index contributed by atoms with van der Waals surface area (Å²) >= 11 is 1.46. The van der Waals surface area contributed by atoms with Gasteiger partial charge in [-0.2, -0.15) is 5.10 Å². The lowest BCUT2D eigenvalue weighted by molar-refractivity contribution is -0.385. The molecule has 1 heterocycles. The van der Waals surface area contributed by atoms with Crippen LogP contribution in [0.5, 0.6) is 0 Å². The third-order valence-electron chi connectivity index (χ3n) is 3.87. The summed E-state index contributed by atoms with van der Waals surface area (Å²) in [5.41, 5.74) is 4.96. The van der Waals surface area contributed by atoms with E-state index in [4.69, 9.17) is 0 Å². The molecule has 138 valence electrons. The van der Waals surface area contributed by atoms with E-state index in [9.17, 15) is 14.9 Å². The largest absolute Gasteiger partial charge is 0.352 e. The van der Waals surface area contributed by atoms with Crippen molar-refractivity contribution >= 4 is 44.0 Å². The van der Waals surface area contributed by atoms with Crippen LogP contribution < -0.4 is 10.7 Å². The van der Waals surface area contributed by atoms with Crippen LogP contribution in [0.15, 0.2) is 47.6 Å². The fraction of sp³-hybridized carbons (Fsp3) is 0.167. The zero-order valence-corrected chi connectivity index (χ0v) is 15.5. The molecule has 9 heteroatoms. The summed E-state index contributed by atoms with van der Waals surface area (Å²) in [5, 5.41) is 18.7. The summed E-state index contributed by atoms with van der Waals surface area (Å²) in [5.74, 6) is -0.338. The summed E-state index contributed by atoms with van der Waals surface area (Å²) in [6.45, 7) is 3.37. The average molecular weight is 383 g/mol. The number of hydrogen-bond acceptors (Lipinski definition) is 7. The molecule has 3 aromatic rings. The van der Waals surface area contributed by atoms with Crippen molar-refractivity contribution in [3.63, 3.8) is 0 Å². The number of anilines is 1. The molecule has 0 saturated heterocycles. The first-order valence-electron chi connectivity index (χ1n) is 8.12. The van der Waals surface area contributed by atoms with Gasteiger partial charge in [-0.25, -0.2) is 10.4 Å². The van der Waals surface area contributed by atoms with Crippen LogP contribution in [0.25, 0.3) is 10.2 Å². The topological polar surface area (TPSA) is 110 Å². The van der Waals surface area contributed by atoms with E-state index in [0.29, 0.717) is 22.0 Å². The highest BCUT2D eigenvalue weighted by molar-refractivity contribution is 7.22. The minimum Gasteiger partial charge on any atom is -0.352 e. The first kappa shape index (κ1) is 18.5. The molecule has 27 heavy (non-hydrogen) atoms. The van der Waals surface area contributed by atoms with Gasteiger partial charge in [0.05, 0.1) is 27.4 Å². The van der Waals surface area contributed by atoms with E-state index in [0.717, 1.165) is 10.2 Å². The fourth-order valence-corrected chi connectivity index (χ4v) is 3.25. The molecule has 1 amide bonds. The maximum atomic E-state index is 12.0. The van der Waals surface area contributed by atoms with Crippen molar-refractivity contribution in [2.45, 2.75) is 13.8 Å². The molecule has 0 unspecified atom stereocenters. The minimum atomic E-state index is -0.438. The number of rotatable bonds is 6. The van der Waals surface area contributed by atoms with Crippen molar-refractivity contribution in [1.29, 1.82) is 0 Å². The van der Waals surface area contributed by atoms with E-state index in [2.05, 4.69) is 20.8 Å². The third-order valence-corrected chi connectivity index (χ3v) is 4.86. The summed E-state index contributed by atoms with van der Waals surface area (Å²) < 4.78 is 1.04. The number of para-hydroxylation sites is 1. The molecular weight excluding hydrogens is 366 g/mol. The number of fused-ring (bicyclic) bond motifs is 1. The van der Waals surface area contributed by atoms with Gasteiger partial charge < -0.3 is 5.32 Å². The number of aryl methyl sites for hydroxylation is 1. The summed E-state index contributed by atoms with van der Waals surface area (Å²) in [4.78, 5) is 27.0. The molecule has 0 aliphatic rings. The Kier molecular flexibility index (Phi) is 5.41. The number of nitrogens with one attached hydrogen (secondary N) is 2. The van der Waals surface area contributed by atoms with Gasteiger partial charge in [-0.1, -0.05) is 35.6 Å². The highest BCUT2D eigenvalue weighted by atomic mass is 32.1. The number of aromatic nitrogens is 1. The van der Waals surface area contributed by atoms with Crippen LogP contribution in [0, 0.1) is 17.0 Å². The summed E-state index contributed by atoms with van der Waals surface area (Å²) in [6.07, 6.45) is 0. The van der Waals surface area contributed by atoms with Crippen molar-refractivity contribution in [2.75, 3.05) is 11.9 Å². The molecule has 8 nitrogen and oxygen atoms in total. The second-order valence-electron chi connectivity index (χ2n) is 5.83. The Labute approximate surface area is 159 Å². The molecule has 0 aliphatic heterocycles. The fourth-order valence-electron chi connectivity index (χ4n) is 2.39. The lowest BCUT2D eigenvalue weighted by Gasteiger charge is -2.05. The first-order chi connectivity index (χ1) is 12.9. The number of carbonyl (C=O) groups excluding carboxylic acids is 1. The van der Waals surface area contributed by atoms with Gasteiger partial charge in [-0.15, -0.1) is 0 Å². The van der Waals surface area contributed by atoms with E-state index >= 15 is 0 Å². The van der Waals surface area contributed by atoms with Gasteiger partial charge >= 0.3 is 0 Å². The molecule has 3 rings (SSSR count). The number of nitrogens with zero attached hydrogens (tertiary/aromatic N) is 3. The maximum Gasteiger partial charge on any atom is 0.272 e. The number of carbonyl (C=O) groups is 1. The molecule has 2 N–H and O–H groups in total. The van der Waals surface area contributed by atoms with Gasteiger partial charge in [-0.3, -0.25) is 14.9 Å². The second-order valence-corrected chi connectivity index (χ2v) is 6.86. The molecule has 0 atom stereocenters. The third kappa shape index (κ3) is 4.45. The Hall–Kier alpha value is -3.33. The molecule has 0 radical (unpaired) electrons. The van der Waals surface area contributed by atoms with Gasteiger partial charge in [0.15, 0.2) is 5.13 Å². The van der Waals surface area contributed by atoms with E-state index < -0.39 is 4.92 Å². The molecular formula is C18H17N5O3S. The Morgan fingerprint density at radius 3 is 2.81 bits per heavy atom. The van der Waals surface area contributed by atoms with Gasteiger partial charge in [0.25, 0.3) is 11.6 Å². The zero-order chi connectivity index (χ0) is 19.4. The van der Waals surface area contributed by atoms with Crippen LogP contribution in [-0.2, 0) is 4.79 Å². The molecule has 0 aliphatic carbocycles. The quantitative estimate of drug-likeness (QED) is 0.385. The summed E-state index contributed by atoms with van der Waals surface area (Å²) in [7, 11) is 0. The summed E-state index contributed by atoms with van der Waals surface area (Å²) in [6, 6.07) is 12.5. The predicted octanol–water partition coefficient (Wildman–Crippen LogP) is 3.47. The van der Waals surface area contributed by atoms with Crippen molar-refractivity contribution in [2.24, 2.45) is 5.10 Å². The average Bonchev–Trinajstić information content (AvgIpc) is 3.07. The number of nitro benzene ring substituents is 1. The Bertz CT molecular complexity index is 1010. The Balaban J connectivity index is 1.60. The number of thiazole rings is 1. The van der Waals surface area contributed by atoms with Crippen LogP contribution in [0.2, 0.25) is 0 Å². The van der Waals surface area contributed by atoms with E-state index in [1.54, 1.807) is 26.0 Å². The van der Waals surface area contributed by atoms with Crippen LogP contribution >= 0.6 is 11.3 Å². The maximum absolute atomic E-state index is 12.0. The Morgan fingerprint density at radius 2 is 2.07 bits per heavy atom. The van der Waals surface area contributed by atoms with Crippen LogP contribution in [0.4, 0.5) is 10.8 Å². The smallest absolute Gasteiger partial charge is 0.272 e. The lowest BCUT2D eigenvalue weighted by Crippen LogP contribution is -2.26. The van der Waals surface area contributed by atoms with Crippen molar-refractivity contribution < 1.29 is 9.72 Å². The van der Waals surface area contributed by atoms with Crippen LogP contribution in [0.1, 0.15) is 18.1 Å². The van der Waals surface area contributed by atoms with Crippen LogP contribution in [-0.4, -0.2) is 28.1 Å². The molecule has 0 spiro atoms. The van der Waals surface area contributed by atoms with E-state index in [1.807, 2.05) is 24.3 Å². The van der Waals surface area contributed by atoms with Crippen LogP contribution in [0.3, 0.4) is 0 Å². The normalized spacial score (nSPS) is 11.4. The molecule has 2 aromatic carbocycles. The Morgan fingerprint density at radius 1 is 1.30 bits per heavy atom. The number of hydrogen-bond donors (Lipinski definition) is 2. The SMILES string of the molecule is C/C(=N/NC(=O)CNc1nc2ccccc2s1)c1ccc(C)c([N+](=O)[O-])c1. The predicted molar refractivity (Wildman–Crippen MR) is 106 cm³/mol. The van der Waals surface area contributed by atoms with Gasteiger partial charge in [0, 0.05) is 17.2 Å². The van der Waals surface area contributed by atoms with Gasteiger partial charge in [-0.05, 0) is 26.0 Å². The van der Waals surface area contributed by atoms with E-state index in [-0.39, 0.29) is 18.1 Å². The zero-order valence-electron chi connectivity index (χ0n) is 14.7. The highest BCUT2D eigenvalue weighted by Gasteiger charge is 2.12. The molecule has 0 saturated carbocycles. The standard InChI is InChI=1S/C18H17N5O3S/c1-11-7-8-13(9-15(11)23(25)26)12(2)21-22-17(24)10-19-18-20-14-5-3-4-6-16(14)27-18/h3-9H,10H2,1-2H3,(H,19,20)(H,22,24)/b21-12-. The molecule has 1 aromatic heterocycles. The highest BCUT2D eigenvalue weighted by Crippen LogP contribution is 2.25. The first-order valence-corrected chi connectivity index (χ1v) is 8.93. The minimum absolute atomic E-state index is 0.0185. The van der Waals surface area contributed by atoms with Crippen molar-refractivity contribution in [3.8, 4) is 0 Å². The van der Waals surface area contributed by atoms with Crippen molar-refractivity contribution in [1.82, 2.24) is 10.4 Å².